The number of likely N-dealkylation sites (tertiary alicyclic amines) is 1. The van der Waals surface area contributed by atoms with E-state index in [-0.39, 0.29) is 92.5 Å². The summed E-state index contributed by atoms with van der Waals surface area (Å²) in [7, 11) is -1.62. The summed E-state index contributed by atoms with van der Waals surface area (Å²) in [6.07, 6.45) is 5.02. The van der Waals surface area contributed by atoms with E-state index in [1.807, 2.05) is 4.90 Å². The molecule has 2 aliphatic heterocycles. The first-order chi connectivity index (χ1) is 23.7. The largest absolute Gasteiger partial charge is 0.480 e. The van der Waals surface area contributed by atoms with Crippen molar-refractivity contribution in [3.8, 4) is 0 Å². The van der Waals surface area contributed by atoms with E-state index in [0.717, 1.165) is 12.8 Å². The smallest absolute Gasteiger partial charge is 0.475 e. The Bertz CT molecular complexity index is 1150. The average molecular weight is 886 g/mol. The van der Waals surface area contributed by atoms with Gasteiger partial charge in [-0.2, -0.15) is 0 Å². The standard InChI is InChI=1S/C32H55BN6O11.Lu/c1-23(32(48)39-10-2-3-27(39)33(49)50)34-31(47)25-7-4-24(5-8-25)6-9-26(40)19-35-11-13-36(20-28(41)42)15-17-38(22-30(45)46)18-16-37(14-12-35)21-29(43)44;/h23-25,27,49-50H,2-22H2,1H3,(H,34,47)(H,41,42)(H,43,44)(H,45,46);/t23-,24?,25?,27+;/m1./s1. The summed E-state index contributed by atoms with van der Waals surface area (Å²) < 4.78 is 0. The summed E-state index contributed by atoms with van der Waals surface area (Å²) in [5.41, 5.74) is 0. The van der Waals surface area contributed by atoms with Crippen molar-refractivity contribution in [3.05, 3.63) is 0 Å². The summed E-state index contributed by atoms with van der Waals surface area (Å²) in [6, 6.07) is -0.776. The fraction of sp³-hybridized carbons (Fsp3) is 0.812. The van der Waals surface area contributed by atoms with Crippen LogP contribution in [0.2, 0.25) is 0 Å². The van der Waals surface area contributed by atoms with Crippen LogP contribution in [0.1, 0.15) is 58.3 Å². The SMILES string of the molecule is C[C@@H](NC(=O)C1CCC(CCC(=O)CN2CCN(CC(=O)O)CCN(CC(=O)O)CCN(CC(=O)O)CC2)CC1)C(=O)N1CCC[C@H]1B(O)O.[Lu]. The quantitative estimate of drug-likeness (QED) is 0.0990. The molecule has 1 saturated carbocycles. The van der Waals surface area contributed by atoms with Crippen molar-refractivity contribution in [1.29, 1.82) is 0 Å². The third-order valence-electron chi connectivity index (χ3n) is 10.1. The minimum atomic E-state index is -1.62. The van der Waals surface area contributed by atoms with Crippen LogP contribution in [0.15, 0.2) is 0 Å². The van der Waals surface area contributed by atoms with Gasteiger partial charge in [0.2, 0.25) is 11.8 Å². The van der Waals surface area contributed by atoms with Crippen molar-refractivity contribution in [1.82, 2.24) is 29.8 Å². The number of carboxylic acids is 3. The number of nitrogens with zero attached hydrogens (tertiary/aromatic N) is 5. The van der Waals surface area contributed by atoms with Crippen LogP contribution in [-0.2, 0) is 28.8 Å². The zero-order chi connectivity index (χ0) is 36.8. The number of ketones is 1. The molecule has 51 heavy (non-hydrogen) atoms. The van der Waals surface area contributed by atoms with Gasteiger partial charge in [0, 0.05) is 108 Å². The van der Waals surface area contributed by atoms with Gasteiger partial charge in [0.15, 0.2) is 0 Å². The molecule has 17 nitrogen and oxygen atoms in total. The van der Waals surface area contributed by atoms with Gasteiger partial charge in [-0.3, -0.25) is 48.4 Å². The molecule has 3 aliphatic rings. The normalized spacial score (nSPS) is 24.0. The topological polar surface area (TPSA) is 232 Å². The molecule has 0 spiro atoms. The number of carbonyl (C=O) groups excluding carboxylic acids is 3. The van der Waals surface area contributed by atoms with Crippen LogP contribution in [0.5, 0.6) is 0 Å². The molecule has 3 rings (SSSR count). The molecule has 297 valence electrons. The van der Waals surface area contributed by atoms with Crippen LogP contribution in [-0.4, -0.2) is 190 Å². The Morgan fingerprint density at radius 1 is 0.667 bits per heavy atom. The molecule has 6 N–H and O–H groups in total. The molecule has 0 bridgehead atoms. The van der Waals surface area contributed by atoms with Crippen molar-refractivity contribution in [3.63, 3.8) is 0 Å². The van der Waals surface area contributed by atoms with Gasteiger partial charge in [0.05, 0.1) is 32.1 Å². The summed E-state index contributed by atoms with van der Waals surface area (Å²) in [5.74, 6) is -4.16. The number of hydrogen-bond acceptors (Lipinski definition) is 12. The zero-order valence-corrected chi connectivity index (χ0v) is 31.1. The third kappa shape index (κ3) is 16.3. The monoisotopic (exact) mass is 885 g/mol. The first kappa shape index (κ1) is 45.2. The second-order valence-corrected chi connectivity index (χ2v) is 14.0. The Hall–Kier alpha value is -1.92. The zero-order valence-electron chi connectivity index (χ0n) is 29.4. The van der Waals surface area contributed by atoms with Gasteiger partial charge in [-0.05, 0) is 57.8 Å². The van der Waals surface area contributed by atoms with Crippen LogP contribution >= 0.6 is 0 Å². The number of amides is 2. The summed E-state index contributed by atoms with van der Waals surface area (Å²) in [6.45, 7) is 4.16. The number of nitrogens with one attached hydrogen (secondary N) is 1. The molecule has 2 heterocycles. The summed E-state index contributed by atoms with van der Waals surface area (Å²) in [5, 5.41) is 50.1. The van der Waals surface area contributed by atoms with E-state index in [1.54, 1.807) is 21.6 Å². The first-order valence-electron chi connectivity index (χ1n) is 17.7. The van der Waals surface area contributed by atoms with Gasteiger partial charge in [-0.25, -0.2) is 0 Å². The maximum absolute atomic E-state index is 13.2. The molecule has 1 radical (unpaired) electrons. The average Bonchev–Trinajstić information content (AvgIpc) is 3.55. The molecular formula is C32H55BLuN6O11. The summed E-state index contributed by atoms with van der Waals surface area (Å²) >= 11 is 0. The van der Waals surface area contributed by atoms with Crippen LogP contribution in [0.3, 0.4) is 0 Å². The third-order valence-corrected chi connectivity index (χ3v) is 10.1. The van der Waals surface area contributed by atoms with Crippen molar-refractivity contribution in [2.24, 2.45) is 11.8 Å². The van der Waals surface area contributed by atoms with Gasteiger partial charge in [0.25, 0.3) is 0 Å². The molecule has 0 aromatic heterocycles. The molecule has 2 saturated heterocycles. The Kier molecular flexibility index (Phi) is 20.4. The van der Waals surface area contributed by atoms with E-state index < -0.39 is 37.0 Å². The molecule has 0 unspecified atom stereocenters. The van der Waals surface area contributed by atoms with Gasteiger partial charge in [-0.1, -0.05) is 0 Å². The Morgan fingerprint density at radius 2 is 1.10 bits per heavy atom. The van der Waals surface area contributed by atoms with E-state index in [2.05, 4.69) is 5.32 Å². The molecule has 1 aliphatic carbocycles. The van der Waals surface area contributed by atoms with Crippen LogP contribution in [0.4, 0.5) is 0 Å². The van der Waals surface area contributed by atoms with Crippen molar-refractivity contribution in [2.75, 3.05) is 85.1 Å². The number of aliphatic carboxylic acids is 3. The van der Waals surface area contributed by atoms with E-state index in [4.69, 9.17) is 0 Å². The fourth-order valence-corrected chi connectivity index (χ4v) is 7.21. The summed E-state index contributed by atoms with van der Waals surface area (Å²) in [4.78, 5) is 81.9. The van der Waals surface area contributed by atoms with Gasteiger partial charge in [0.1, 0.15) is 11.8 Å². The van der Waals surface area contributed by atoms with Crippen LogP contribution in [0.25, 0.3) is 0 Å². The Morgan fingerprint density at radius 3 is 1.51 bits per heavy atom. The second-order valence-electron chi connectivity index (χ2n) is 14.0. The van der Waals surface area contributed by atoms with Crippen molar-refractivity contribution < 1.29 is 91.0 Å². The maximum atomic E-state index is 13.2. The number of carboxylic acid groups (broad SMARTS) is 3. The first-order valence-corrected chi connectivity index (χ1v) is 17.7. The van der Waals surface area contributed by atoms with Crippen molar-refractivity contribution >= 4 is 42.6 Å². The molecule has 2 atom stereocenters. The van der Waals surface area contributed by atoms with Crippen LogP contribution in [0, 0.1) is 48.7 Å². The van der Waals surface area contributed by atoms with Crippen LogP contribution < -0.4 is 5.32 Å². The van der Waals surface area contributed by atoms with Crippen molar-refractivity contribution in [2.45, 2.75) is 70.3 Å². The molecule has 2 amide bonds. The molecule has 0 aromatic rings. The van der Waals surface area contributed by atoms with E-state index in [0.29, 0.717) is 97.4 Å². The number of hydrogen-bond donors (Lipinski definition) is 6. The molecule has 0 aromatic carbocycles. The maximum Gasteiger partial charge on any atom is 0.475 e. The van der Waals surface area contributed by atoms with E-state index >= 15 is 0 Å². The Balaban J connectivity index is 0.00000901. The minimum absolute atomic E-state index is 0. The van der Waals surface area contributed by atoms with Gasteiger partial charge in [-0.15, -0.1) is 0 Å². The second kappa shape index (κ2) is 23.0. The van der Waals surface area contributed by atoms with Gasteiger partial charge < -0.3 is 35.6 Å². The molecular weight excluding hydrogens is 830 g/mol. The minimum Gasteiger partial charge on any atom is -0.480 e. The number of carbonyl (C=O) groups is 6. The Labute approximate surface area is 329 Å². The number of rotatable bonds is 15. The number of Topliss-reactive ketones (excluding diaryl/α,β-unsaturated/α-hetero) is 1. The molecule has 19 heteroatoms. The van der Waals surface area contributed by atoms with Gasteiger partial charge >= 0.3 is 25.0 Å². The predicted octanol–water partition coefficient (Wildman–Crippen LogP) is -1.87. The molecule has 3 fully saturated rings. The predicted molar refractivity (Wildman–Crippen MR) is 181 cm³/mol. The van der Waals surface area contributed by atoms with E-state index in [9.17, 15) is 54.1 Å². The van der Waals surface area contributed by atoms with E-state index in [1.165, 1.54) is 4.90 Å². The fourth-order valence-electron chi connectivity index (χ4n) is 7.21.